The molecule has 1 saturated heterocycles. The molecule has 8 nitrogen and oxygen atoms in total. The van der Waals surface area contributed by atoms with Gasteiger partial charge in [0.2, 0.25) is 6.29 Å². The summed E-state index contributed by atoms with van der Waals surface area (Å²) < 4.78 is 22.3. The fourth-order valence-corrected chi connectivity index (χ4v) is 3.61. The van der Waals surface area contributed by atoms with Crippen LogP contribution in [0, 0.1) is 20.8 Å². The van der Waals surface area contributed by atoms with E-state index in [0.29, 0.717) is 5.75 Å². The molecule has 0 radical (unpaired) electrons. The molecule has 0 unspecified atom stereocenters. The topological polar surface area (TPSA) is 137 Å². The molecule has 0 aliphatic carbocycles. The van der Waals surface area contributed by atoms with Crippen LogP contribution in [0.1, 0.15) is 23.1 Å². The molecule has 5 atom stereocenters. The number of aliphatic hydroxyl groups is 3. The van der Waals surface area contributed by atoms with Gasteiger partial charge in [-0.3, -0.25) is 4.57 Å². The van der Waals surface area contributed by atoms with Crippen LogP contribution in [0.25, 0.3) is 0 Å². The lowest BCUT2D eigenvalue weighted by atomic mass is 9.97. The molecule has 1 aliphatic heterocycles. The van der Waals surface area contributed by atoms with Crippen molar-refractivity contribution in [3.8, 4) is 5.75 Å². The van der Waals surface area contributed by atoms with Crippen molar-refractivity contribution in [3.63, 3.8) is 0 Å². The molecule has 1 aliphatic rings. The van der Waals surface area contributed by atoms with Crippen LogP contribution in [0.4, 0.5) is 0 Å². The van der Waals surface area contributed by atoms with Gasteiger partial charge < -0.3 is 34.6 Å². The quantitative estimate of drug-likeness (QED) is 0.465. The van der Waals surface area contributed by atoms with E-state index in [0.717, 1.165) is 16.7 Å². The average molecular weight is 376 g/mol. The van der Waals surface area contributed by atoms with Crippen LogP contribution in [0.15, 0.2) is 12.1 Å². The smallest absolute Gasteiger partial charge is 0.325 e. The van der Waals surface area contributed by atoms with Crippen LogP contribution in [-0.2, 0) is 9.30 Å². The van der Waals surface area contributed by atoms with Gasteiger partial charge in [0, 0.05) is 0 Å². The van der Waals surface area contributed by atoms with E-state index in [1.165, 1.54) is 0 Å². The lowest BCUT2D eigenvalue weighted by molar-refractivity contribution is -0.272. The monoisotopic (exact) mass is 376 g/mol. The van der Waals surface area contributed by atoms with E-state index < -0.39 is 44.5 Å². The zero-order chi connectivity index (χ0) is 18.9. The van der Waals surface area contributed by atoms with E-state index in [4.69, 9.17) is 19.3 Å². The van der Waals surface area contributed by atoms with E-state index in [9.17, 15) is 19.9 Å². The number of hydrogen-bond donors (Lipinski definition) is 5. The van der Waals surface area contributed by atoms with Crippen molar-refractivity contribution in [2.45, 2.75) is 57.9 Å². The summed E-state index contributed by atoms with van der Waals surface area (Å²) in [5.41, 5.74) is 2.68. The predicted octanol–water partition coefficient (Wildman–Crippen LogP) is 0.366. The number of aliphatic hydroxyl groups excluding tert-OH is 3. The highest BCUT2D eigenvalue weighted by atomic mass is 31.2. The normalized spacial score (nSPS) is 30.3. The van der Waals surface area contributed by atoms with E-state index in [1.807, 2.05) is 32.9 Å². The van der Waals surface area contributed by atoms with Gasteiger partial charge in [0.05, 0.1) is 12.3 Å². The zero-order valence-corrected chi connectivity index (χ0v) is 15.3. The summed E-state index contributed by atoms with van der Waals surface area (Å²) in [6.45, 7) is 5.61. The molecule has 1 fully saturated rings. The highest BCUT2D eigenvalue weighted by Gasteiger charge is 2.45. The Morgan fingerprint density at radius 3 is 2.12 bits per heavy atom. The summed E-state index contributed by atoms with van der Waals surface area (Å²) in [5.74, 6) is 0.493. The van der Waals surface area contributed by atoms with Gasteiger partial charge in [-0.1, -0.05) is 17.7 Å². The maximum absolute atomic E-state index is 11.0. The maximum atomic E-state index is 11.0. The Morgan fingerprint density at radius 1 is 1.04 bits per heavy atom. The minimum absolute atomic E-state index is 0.180. The molecule has 0 aromatic heterocycles. The van der Waals surface area contributed by atoms with Crippen LogP contribution in [-0.4, -0.2) is 62.0 Å². The van der Waals surface area contributed by atoms with Gasteiger partial charge >= 0.3 is 7.60 Å². The molecular weight excluding hydrogens is 351 g/mol. The zero-order valence-electron chi connectivity index (χ0n) is 14.4. The Kier molecular flexibility index (Phi) is 6.27. The van der Waals surface area contributed by atoms with Gasteiger partial charge in [0.25, 0.3) is 0 Å². The molecule has 2 rings (SSSR count). The average Bonchev–Trinajstić information content (AvgIpc) is 2.48. The van der Waals surface area contributed by atoms with Gasteiger partial charge in [0.15, 0.2) is 0 Å². The van der Waals surface area contributed by atoms with Gasteiger partial charge in [-0.05, 0) is 38.3 Å². The van der Waals surface area contributed by atoms with Crippen molar-refractivity contribution < 1.29 is 39.1 Å². The third kappa shape index (κ3) is 5.01. The van der Waals surface area contributed by atoms with Gasteiger partial charge in [-0.2, -0.15) is 0 Å². The highest BCUT2D eigenvalue weighted by molar-refractivity contribution is 7.51. The highest BCUT2D eigenvalue weighted by Crippen LogP contribution is 2.37. The fourth-order valence-electron chi connectivity index (χ4n) is 3.02. The van der Waals surface area contributed by atoms with Gasteiger partial charge in [-0.25, -0.2) is 0 Å². The summed E-state index contributed by atoms with van der Waals surface area (Å²) in [6, 6.07) is 3.79. The van der Waals surface area contributed by atoms with Crippen LogP contribution < -0.4 is 4.74 Å². The fraction of sp³-hybridized carbons (Fsp3) is 0.625. The van der Waals surface area contributed by atoms with Crippen LogP contribution >= 0.6 is 7.60 Å². The van der Waals surface area contributed by atoms with Crippen LogP contribution in [0.5, 0.6) is 5.75 Å². The van der Waals surface area contributed by atoms with Crippen molar-refractivity contribution >= 4 is 7.60 Å². The Bertz CT molecular complexity index is 635. The lowest BCUT2D eigenvalue weighted by Gasteiger charge is -2.40. The number of benzene rings is 1. The second kappa shape index (κ2) is 7.72. The molecule has 0 saturated carbocycles. The number of ether oxygens (including phenoxy) is 2. The summed E-state index contributed by atoms with van der Waals surface area (Å²) in [6.07, 6.45) is -7.54. The Hall–Kier alpha value is -0.990. The Labute approximate surface area is 146 Å². The first-order chi connectivity index (χ1) is 11.5. The molecule has 1 aromatic rings. The Morgan fingerprint density at radius 2 is 1.60 bits per heavy atom. The summed E-state index contributed by atoms with van der Waals surface area (Å²) in [4.78, 5) is 18.0. The Balaban J connectivity index is 2.18. The van der Waals surface area contributed by atoms with Crippen molar-refractivity contribution in [2.75, 3.05) is 6.16 Å². The summed E-state index contributed by atoms with van der Waals surface area (Å²) in [5, 5.41) is 30.2. The van der Waals surface area contributed by atoms with Crippen molar-refractivity contribution in [1.82, 2.24) is 0 Å². The van der Waals surface area contributed by atoms with E-state index in [1.54, 1.807) is 0 Å². The second-order valence-electron chi connectivity index (χ2n) is 6.54. The van der Waals surface area contributed by atoms with Crippen LogP contribution in [0.2, 0.25) is 0 Å². The molecule has 0 bridgehead atoms. The first kappa shape index (κ1) is 20.3. The molecule has 5 N–H and O–H groups in total. The minimum Gasteiger partial charge on any atom is -0.461 e. The molecule has 142 valence electrons. The molecular formula is C16H25O8P. The van der Waals surface area contributed by atoms with Crippen molar-refractivity contribution in [2.24, 2.45) is 0 Å². The third-order valence-corrected chi connectivity index (χ3v) is 5.05. The molecule has 1 aromatic carbocycles. The van der Waals surface area contributed by atoms with Crippen LogP contribution in [0.3, 0.4) is 0 Å². The molecule has 9 heteroatoms. The third-order valence-electron chi connectivity index (χ3n) is 4.21. The molecule has 0 amide bonds. The number of aryl methyl sites for hydroxylation is 3. The van der Waals surface area contributed by atoms with E-state index in [-0.39, 0.29) is 6.42 Å². The van der Waals surface area contributed by atoms with E-state index in [2.05, 4.69) is 0 Å². The van der Waals surface area contributed by atoms with Crippen molar-refractivity contribution in [1.29, 1.82) is 0 Å². The number of hydrogen-bond acceptors (Lipinski definition) is 6. The predicted molar refractivity (Wildman–Crippen MR) is 89.5 cm³/mol. The summed E-state index contributed by atoms with van der Waals surface area (Å²) >= 11 is 0. The molecule has 0 spiro atoms. The van der Waals surface area contributed by atoms with Crippen molar-refractivity contribution in [3.05, 3.63) is 28.8 Å². The SMILES string of the molecule is Cc1cc(C)c(O[C@H]2O[C@H](CCP(=O)(O)O)[C@@H](O)[C@H](O)[C@@H]2O)c(C)c1. The maximum Gasteiger partial charge on any atom is 0.325 e. The standard InChI is InChI=1S/C16H25O8P/c1-8-6-9(2)15(10(3)7-8)24-16-14(19)13(18)12(17)11(23-16)4-5-25(20,21)22/h6-7,11-14,16-19H,4-5H2,1-3H3,(H2,20,21,22)/t11-,12-,13+,14+,16-/m1/s1. The van der Waals surface area contributed by atoms with Gasteiger partial charge in [0.1, 0.15) is 24.1 Å². The minimum atomic E-state index is -4.28. The van der Waals surface area contributed by atoms with E-state index >= 15 is 0 Å². The first-order valence-electron chi connectivity index (χ1n) is 7.98. The number of rotatable bonds is 5. The first-order valence-corrected chi connectivity index (χ1v) is 9.78. The second-order valence-corrected chi connectivity index (χ2v) is 8.31. The molecule has 1 heterocycles. The lowest BCUT2D eigenvalue weighted by Crippen LogP contribution is -2.59. The largest absolute Gasteiger partial charge is 0.461 e. The summed E-state index contributed by atoms with van der Waals surface area (Å²) in [7, 11) is -4.28. The van der Waals surface area contributed by atoms with Gasteiger partial charge in [-0.15, -0.1) is 0 Å². The molecule has 25 heavy (non-hydrogen) atoms.